The molecule has 7 heteroatoms. The molecule has 0 heterocycles. The van der Waals surface area contributed by atoms with Crippen LogP contribution in [0.5, 0.6) is 0 Å². The van der Waals surface area contributed by atoms with Crippen molar-refractivity contribution in [2.75, 3.05) is 0 Å². The third-order valence-electron chi connectivity index (χ3n) is 3.47. The van der Waals surface area contributed by atoms with Gasteiger partial charge in [0.2, 0.25) is 0 Å². The number of benzene rings is 2. The molecule has 0 saturated heterocycles. The van der Waals surface area contributed by atoms with Gasteiger partial charge in [-0.2, -0.15) is 0 Å². The van der Waals surface area contributed by atoms with Crippen molar-refractivity contribution in [1.29, 1.82) is 0 Å². The third kappa shape index (κ3) is 3.91. The van der Waals surface area contributed by atoms with Crippen LogP contribution in [-0.2, 0) is 4.32 Å². The molecule has 0 fully saturated rings. The van der Waals surface area contributed by atoms with Crippen LogP contribution in [0.2, 0.25) is 0 Å². The Morgan fingerprint density at radius 3 is 1.26 bits per heavy atom. The van der Waals surface area contributed by atoms with E-state index in [-0.39, 0.29) is 3.74 Å². The molecule has 0 unspecified atom stereocenters. The minimum absolute atomic E-state index is 0.0643. The highest BCUT2D eigenvalue weighted by atomic mass is 79.9. The zero-order valence-corrected chi connectivity index (χ0v) is 22.6. The second kappa shape index (κ2) is 8.22. The fourth-order valence-electron chi connectivity index (χ4n) is 2.23. The molecule has 0 bridgehead atoms. The van der Waals surface area contributed by atoms with Gasteiger partial charge in [-0.1, -0.05) is 172 Å². The first-order valence-electron chi connectivity index (χ1n) is 6.49. The van der Waals surface area contributed by atoms with Gasteiger partial charge in [0.1, 0.15) is 10.8 Å². The Bertz CT molecular complexity index is 598. The Morgan fingerprint density at radius 1 is 0.609 bits per heavy atom. The van der Waals surface area contributed by atoms with E-state index in [1.165, 1.54) is 0 Å². The first-order valence-corrected chi connectivity index (χ1v) is 12.3. The standard InChI is InChI=1S/C16H11Br7/c17-13(18)15(20,21)16(22,23)14(19,11-7-3-1-4-8-11)12-9-5-2-6-10-12/h1-10,13H. The number of hydrogen-bond donors (Lipinski definition) is 0. The van der Waals surface area contributed by atoms with Crippen LogP contribution in [0.1, 0.15) is 11.1 Å². The summed E-state index contributed by atoms with van der Waals surface area (Å²) >= 11 is 26.7. The van der Waals surface area contributed by atoms with Crippen molar-refractivity contribution in [2.45, 2.75) is 14.5 Å². The van der Waals surface area contributed by atoms with Gasteiger partial charge in [0.05, 0.1) is 3.74 Å². The lowest BCUT2D eigenvalue weighted by Gasteiger charge is -2.48. The summed E-state index contributed by atoms with van der Waals surface area (Å²) in [6, 6.07) is 20.6. The molecule has 0 N–H and O–H groups in total. The molecule has 0 aliphatic rings. The first kappa shape index (κ1) is 21.1. The highest BCUT2D eigenvalue weighted by molar-refractivity contribution is 9.33. The maximum atomic E-state index is 4.03. The number of hydrogen-bond acceptors (Lipinski definition) is 0. The van der Waals surface area contributed by atoms with Crippen LogP contribution in [0.3, 0.4) is 0 Å². The van der Waals surface area contributed by atoms with E-state index in [2.05, 4.69) is 136 Å². The van der Waals surface area contributed by atoms with Gasteiger partial charge in [0.15, 0.2) is 0 Å². The lowest BCUT2D eigenvalue weighted by Crippen LogP contribution is -2.52. The quantitative estimate of drug-likeness (QED) is 0.269. The van der Waals surface area contributed by atoms with E-state index in [1.54, 1.807) is 0 Å². The van der Waals surface area contributed by atoms with Crippen molar-refractivity contribution in [1.82, 2.24) is 0 Å². The summed E-state index contributed by atoms with van der Waals surface area (Å²) in [5, 5.41) is 0. The van der Waals surface area contributed by atoms with Gasteiger partial charge in [0.25, 0.3) is 0 Å². The SMILES string of the molecule is BrC(Br)C(Br)(Br)C(Br)(Br)C(Br)(c1ccccc1)c1ccccc1. The highest BCUT2D eigenvalue weighted by Crippen LogP contribution is 2.66. The second-order valence-electron chi connectivity index (χ2n) is 4.89. The summed E-state index contributed by atoms with van der Waals surface area (Å²) in [7, 11) is 0. The molecule has 0 amide bonds. The van der Waals surface area contributed by atoms with Crippen LogP contribution < -0.4 is 0 Å². The molecule has 0 aliphatic heterocycles. The van der Waals surface area contributed by atoms with Crippen molar-refractivity contribution in [3.63, 3.8) is 0 Å². The molecule has 0 saturated carbocycles. The normalized spacial score (nSPS) is 13.4. The molecule has 0 radical (unpaired) electrons. The molecular formula is C16H11Br7. The van der Waals surface area contributed by atoms with Crippen LogP contribution in [0.4, 0.5) is 0 Å². The summed E-state index contributed by atoms with van der Waals surface area (Å²) in [5.41, 5.74) is 2.23. The van der Waals surface area contributed by atoms with E-state index in [0.717, 1.165) is 11.1 Å². The zero-order chi connectivity index (χ0) is 17.3. The van der Waals surface area contributed by atoms with Gasteiger partial charge in [-0.3, -0.25) is 0 Å². The molecule has 2 aromatic carbocycles. The number of halogens is 7. The van der Waals surface area contributed by atoms with Crippen molar-refractivity contribution in [3.8, 4) is 0 Å². The van der Waals surface area contributed by atoms with Crippen molar-refractivity contribution < 1.29 is 0 Å². The molecule has 0 aliphatic carbocycles. The summed E-state index contributed by atoms with van der Waals surface area (Å²) < 4.78 is -1.83. The van der Waals surface area contributed by atoms with Crippen LogP contribution >= 0.6 is 112 Å². The smallest absolute Gasteiger partial charge is 0.0739 e. The molecule has 0 aromatic heterocycles. The summed E-state index contributed by atoms with van der Waals surface area (Å²) in [5.74, 6) is 0. The molecular weight excluding hydrogens is 752 g/mol. The molecule has 23 heavy (non-hydrogen) atoms. The zero-order valence-electron chi connectivity index (χ0n) is 11.5. The van der Waals surface area contributed by atoms with E-state index in [4.69, 9.17) is 0 Å². The van der Waals surface area contributed by atoms with Gasteiger partial charge in [-0.05, 0) is 11.1 Å². The molecule has 2 aromatic rings. The second-order valence-corrected chi connectivity index (χ2v) is 16.1. The van der Waals surface area contributed by atoms with Crippen LogP contribution in [0.25, 0.3) is 0 Å². The predicted octanol–water partition coefficient (Wildman–Crippen LogP) is 8.41. The van der Waals surface area contributed by atoms with Crippen molar-refractivity contribution in [2.24, 2.45) is 0 Å². The molecule has 0 nitrogen and oxygen atoms in total. The minimum Gasteiger partial charge on any atom is -0.0739 e. The summed E-state index contributed by atoms with van der Waals surface area (Å²) in [6.45, 7) is 0. The van der Waals surface area contributed by atoms with E-state index in [1.807, 2.05) is 36.4 Å². The number of rotatable bonds is 5. The van der Waals surface area contributed by atoms with E-state index >= 15 is 0 Å². The van der Waals surface area contributed by atoms with Gasteiger partial charge in [-0.25, -0.2) is 0 Å². The minimum atomic E-state index is -0.639. The Balaban J connectivity index is 2.74. The van der Waals surface area contributed by atoms with Crippen LogP contribution in [0.15, 0.2) is 60.7 Å². The maximum Gasteiger partial charge on any atom is 0.131 e. The Morgan fingerprint density at radius 2 is 0.957 bits per heavy atom. The van der Waals surface area contributed by atoms with E-state index in [0.29, 0.717) is 0 Å². The molecule has 0 atom stereocenters. The molecule has 124 valence electrons. The Labute approximate surface area is 195 Å². The van der Waals surface area contributed by atoms with E-state index < -0.39 is 10.8 Å². The van der Waals surface area contributed by atoms with Crippen LogP contribution in [0, 0.1) is 0 Å². The maximum absolute atomic E-state index is 4.03. The largest absolute Gasteiger partial charge is 0.131 e. The summed E-state index contributed by atoms with van der Waals surface area (Å²) in [4.78, 5) is 0. The molecule has 2 rings (SSSR count). The Hall–Kier alpha value is 1.80. The molecule has 0 spiro atoms. The number of alkyl halides is 7. The first-order chi connectivity index (χ1) is 10.7. The average Bonchev–Trinajstić information content (AvgIpc) is 2.55. The fraction of sp³-hybridized carbons (Fsp3) is 0.250. The lowest BCUT2D eigenvalue weighted by atomic mass is 9.87. The highest BCUT2D eigenvalue weighted by Gasteiger charge is 2.61. The topological polar surface area (TPSA) is 0 Å². The van der Waals surface area contributed by atoms with Crippen LogP contribution in [-0.4, -0.2) is 10.2 Å². The van der Waals surface area contributed by atoms with Gasteiger partial charge in [0, 0.05) is 0 Å². The monoisotopic (exact) mass is 756 g/mol. The van der Waals surface area contributed by atoms with Gasteiger partial charge < -0.3 is 0 Å². The van der Waals surface area contributed by atoms with Crippen molar-refractivity contribution >= 4 is 112 Å². The predicted molar refractivity (Wildman–Crippen MR) is 125 cm³/mol. The summed E-state index contributed by atoms with van der Waals surface area (Å²) in [6.07, 6.45) is 0. The lowest BCUT2D eigenvalue weighted by molar-refractivity contribution is 0.651. The van der Waals surface area contributed by atoms with Gasteiger partial charge >= 0.3 is 0 Å². The van der Waals surface area contributed by atoms with Crippen molar-refractivity contribution in [3.05, 3.63) is 71.8 Å². The van der Waals surface area contributed by atoms with E-state index in [9.17, 15) is 0 Å². The Kier molecular flexibility index (Phi) is 7.54. The van der Waals surface area contributed by atoms with Gasteiger partial charge in [-0.15, -0.1) is 0 Å². The third-order valence-corrected chi connectivity index (χ3v) is 16.5. The average molecular weight is 763 g/mol. The fourth-order valence-corrected chi connectivity index (χ4v) is 7.49.